The van der Waals surface area contributed by atoms with E-state index in [9.17, 15) is 8.78 Å². The van der Waals surface area contributed by atoms with Gasteiger partial charge in [-0.05, 0) is 23.8 Å². The molecule has 0 aliphatic heterocycles. The molecular formula is C22H18F2N2O2. The number of rotatable bonds is 7. The van der Waals surface area contributed by atoms with Gasteiger partial charge in [-0.2, -0.15) is 13.9 Å². The van der Waals surface area contributed by atoms with Crippen molar-refractivity contribution < 1.29 is 18.3 Å². The van der Waals surface area contributed by atoms with Crippen LogP contribution in [0.1, 0.15) is 16.7 Å². The van der Waals surface area contributed by atoms with Crippen molar-refractivity contribution in [3.05, 3.63) is 95.6 Å². The van der Waals surface area contributed by atoms with E-state index in [1.54, 1.807) is 12.1 Å². The minimum absolute atomic E-state index is 0.0348. The third-order valence-corrected chi connectivity index (χ3v) is 3.86. The molecule has 0 fully saturated rings. The molecule has 0 unspecified atom stereocenters. The van der Waals surface area contributed by atoms with E-state index in [4.69, 9.17) is 4.74 Å². The predicted molar refractivity (Wildman–Crippen MR) is 106 cm³/mol. The van der Waals surface area contributed by atoms with E-state index in [0.717, 1.165) is 16.8 Å². The van der Waals surface area contributed by atoms with Crippen LogP contribution in [0.25, 0.3) is 0 Å². The Morgan fingerprint density at radius 2 is 1.46 bits per heavy atom. The first-order chi connectivity index (χ1) is 13.7. The van der Waals surface area contributed by atoms with E-state index >= 15 is 0 Å². The van der Waals surface area contributed by atoms with Crippen LogP contribution >= 0.6 is 0 Å². The van der Waals surface area contributed by atoms with E-state index in [1.165, 1.54) is 19.4 Å². The minimum atomic E-state index is -2.92. The second-order valence-electron chi connectivity index (χ2n) is 5.71. The van der Waals surface area contributed by atoms with Crippen molar-refractivity contribution in [2.24, 2.45) is 10.2 Å². The first kappa shape index (κ1) is 19.2. The van der Waals surface area contributed by atoms with E-state index < -0.39 is 6.61 Å². The lowest BCUT2D eigenvalue weighted by Crippen LogP contribution is -2.04. The van der Waals surface area contributed by atoms with Crippen LogP contribution in [0.5, 0.6) is 11.5 Å². The van der Waals surface area contributed by atoms with Gasteiger partial charge < -0.3 is 9.47 Å². The van der Waals surface area contributed by atoms with Crippen LogP contribution in [0, 0.1) is 0 Å². The van der Waals surface area contributed by atoms with Gasteiger partial charge in [-0.3, -0.25) is 0 Å². The van der Waals surface area contributed by atoms with Gasteiger partial charge in [0.2, 0.25) is 0 Å². The highest BCUT2D eigenvalue weighted by molar-refractivity contribution is 6.12. The molecule has 0 radical (unpaired) electrons. The molecule has 0 aromatic heterocycles. The maximum Gasteiger partial charge on any atom is 0.387 e. The molecule has 0 saturated heterocycles. The molecule has 0 spiro atoms. The number of halogens is 2. The van der Waals surface area contributed by atoms with E-state index in [-0.39, 0.29) is 11.5 Å². The second kappa shape index (κ2) is 9.41. The Morgan fingerprint density at radius 3 is 2.00 bits per heavy atom. The Hall–Kier alpha value is -3.54. The summed E-state index contributed by atoms with van der Waals surface area (Å²) in [5.41, 5.74) is 3.23. The summed E-state index contributed by atoms with van der Waals surface area (Å²) in [7, 11) is 1.38. The molecule has 0 N–H and O–H groups in total. The molecule has 0 bridgehead atoms. The fourth-order valence-electron chi connectivity index (χ4n) is 2.59. The smallest absolute Gasteiger partial charge is 0.387 e. The quantitative estimate of drug-likeness (QED) is 0.419. The van der Waals surface area contributed by atoms with Crippen molar-refractivity contribution in [1.82, 2.24) is 0 Å². The molecule has 0 atom stereocenters. The van der Waals surface area contributed by atoms with Crippen molar-refractivity contribution in [2.75, 3.05) is 7.11 Å². The number of nitrogens with zero attached hydrogens (tertiary/aromatic N) is 2. The fraction of sp³-hybridized carbons (Fsp3) is 0.0909. The summed E-state index contributed by atoms with van der Waals surface area (Å²) in [6.45, 7) is -2.92. The van der Waals surface area contributed by atoms with Gasteiger partial charge >= 0.3 is 6.61 Å². The summed E-state index contributed by atoms with van der Waals surface area (Å²) >= 11 is 0. The lowest BCUT2D eigenvalue weighted by Gasteiger charge is -2.09. The lowest BCUT2D eigenvalue weighted by molar-refractivity contribution is -0.0512. The van der Waals surface area contributed by atoms with E-state index in [0.29, 0.717) is 5.56 Å². The van der Waals surface area contributed by atoms with E-state index in [2.05, 4.69) is 14.9 Å². The van der Waals surface area contributed by atoms with Crippen molar-refractivity contribution in [3.8, 4) is 11.5 Å². The lowest BCUT2D eigenvalue weighted by atomic mass is 10.0. The molecule has 0 saturated carbocycles. The zero-order valence-corrected chi connectivity index (χ0v) is 15.1. The van der Waals surface area contributed by atoms with Gasteiger partial charge in [-0.25, -0.2) is 0 Å². The van der Waals surface area contributed by atoms with Crippen LogP contribution < -0.4 is 9.47 Å². The SMILES string of the molecule is COc1cc(C=NN=C(c2ccccc2)c2ccccc2)ccc1OC(F)F. The van der Waals surface area contributed by atoms with Gasteiger partial charge in [0.1, 0.15) is 5.71 Å². The van der Waals surface area contributed by atoms with Gasteiger partial charge in [0.25, 0.3) is 0 Å². The van der Waals surface area contributed by atoms with Crippen molar-refractivity contribution in [1.29, 1.82) is 0 Å². The molecule has 3 aromatic carbocycles. The van der Waals surface area contributed by atoms with Gasteiger partial charge in [-0.1, -0.05) is 60.7 Å². The minimum Gasteiger partial charge on any atom is -0.493 e. The Kier molecular flexibility index (Phi) is 6.46. The normalized spacial score (nSPS) is 10.9. The third-order valence-electron chi connectivity index (χ3n) is 3.86. The molecule has 6 heteroatoms. The zero-order valence-electron chi connectivity index (χ0n) is 15.1. The maximum absolute atomic E-state index is 12.4. The molecular weight excluding hydrogens is 362 g/mol. The molecule has 3 rings (SSSR count). The Labute approximate surface area is 161 Å². The zero-order chi connectivity index (χ0) is 19.8. The number of benzene rings is 3. The standard InChI is InChI=1S/C22H18F2N2O2/c1-27-20-14-16(12-13-19(20)28-22(23)24)15-25-26-21(17-8-4-2-5-9-17)18-10-6-3-7-11-18/h2-15,22H,1H3. The molecule has 142 valence electrons. The maximum atomic E-state index is 12.4. The van der Waals surface area contributed by atoms with Gasteiger partial charge in [-0.15, -0.1) is 5.10 Å². The van der Waals surface area contributed by atoms with Gasteiger partial charge in [0.15, 0.2) is 11.5 Å². The van der Waals surface area contributed by atoms with Crippen molar-refractivity contribution in [3.63, 3.8) is 0 Å². The highest BCUT2D eigenvalue weighted by atomic mass is 19.3. The topological polar surface area (TPSA) is 43.2 Å². The van der Waals surface area contributed by atoms with Gasteiger partial charge in [0, 0.05) is 11.1 Å². The summed E-state index contributed by atoms with van der Waals surface area (Å²) in [6, 6.07) is 24.0. The summed E-state index contributed by atoms with van der Waals surface area (Å²) in [4.78, 5) is 0. The van der Waals surface area contributed by atoms with Gasteiger partial charge in [0.05, 0.1) is 13.3 Å². The Balaban J connectivity index is 1.89. The molecule has 4 nitrogen and oxygen atoms in total. The Morgan fingerprint density at radius 1 is 0.857 bits per heavy atom. The van der Waals surface area contributed by atoms with Crippen molar-refractivity contribution >= 4 is 11.9 Å². The average molecular weight is 380 g/mol. The average Bonchev–Trinajstić information content (AvgIpc) is 2.73. The summed E-state index contributed by atoms with van der Waals surface area (Å²) in [5.74, 6) is 0.159. The van der Waals surface area contributed by atoms with Crippen LogP contribution in [0.4, 0.5) is 8.78 Å². The number of ether oxygens (including phenoxy) is 2. The number of hydrogen-bond donors (Lipinski definition) is 0. The fourth-order valence-corrected chi connectivity index (χ4v) is 2.59. The van der Waals surface area contributed by atoms with Crippen molar-refractivity contribution in [2.45, 2.75) is 6.61 Å². The summed E-state index contributed by atoms with van der Waals surface area (Å²) in [5, 5.41) is 8.56. The molecule has 3 aromatic rings. The first-order valence-corrected chi connectivity index (χ1v) is 8.52. The van der Waals surface area contributed by atoms with Crippen LogP contribution in [0.15, 0.2) is 89.1 Å². The molecule has 0 heterocycles. The van der Waals surface area contributed by atoms with Crippen LogP contribution in [0.3, 0.4) is 0 Å². The monoisotopic (exact) mass is 380 g/mol. The highest BCUT2D eigenvalue weighted by Crippen LogP contribution is 2.29. The molecule has 28 heavy (non-hydrogen) atoms. The van der Waals surface area contributed by atoms with E-state index in [1.807, 2.05) is 60.7 Å². The summed E-state index contributed by atoms with van der Waals surface area (Å²) in [6.07, 6.45) is 1.53. The third kappa shape index (κ3) is 5.01. The molecule has 0 aliphatic carbocycles. The van der Waals surface area contributed by atoms with Crippen LogP contribution in [-0.4, -0.2) is 25.6 Å². The summed E-state index contributed by atoms with van der Waals surface area (Å²) < 4.78 is 34.4. The molecule has 0 amide bonds. The first-order valence-electron chi connectivity index (χ1n) is 8.52. The number of hydrogen-bond acceptors (Lipinski definition) is 4. The number of methoxy groups -OCH3 is 1. The second-order valence-corrected chi connectivity index (χ2v) is 5.71. The molecule has 0 aliphatic rings. The number of alkyl halides is 2. The largest absolute Gasteiger partial charge is 0.493 e. The van der Waals surface area contributed by atoms with Crippen LogP contribution in [-0.2, 0) is 0 Å². The highest BCUT2D eigenvalue weighted by Gasteiger charge is 2.10. The van der Waals surface area contributed by atoms with Crippen LogP contribution in [0.2, 0.25) is 0 Å². The Bertz CT molecular complexity index is 917. The predicted octanol–water partition coefficient (Wildman–Crippen LogP) is 5.17.